The van der Waals surface area contributed by atoms with Gasteiger partial charge < -0.3 is 0 Å². The molecule has 0 saturated heterocycles. The fourth-order valence-electron chi connectivity index (χ4n) is 0.286. The van der Waals surface area contributed by atoms with Crippen LogP contribution in [0.1, 0.15) is 6.42 Å². The number of halogens is 3. The van der Waals surface area contributed by atoms with Gasteiger partial charge in [0.25, 0.3) is 0 Å². The first-order chi connectivity index (χ1) is 4.18. The van der Waals surface area contributed by atoms with Crippen molar-refractivity contribution in [1.29, 1.82) is 0 Å². The Hall–Kier alpha value is -0.120. The van der Waals surface area contributed by atoms with Crippen molar-refractivity contribution in [3.8, 4) is 0 Å². The first-order valence-electron chi connectivity index (χ1n) is 2.37. The first kappa shape index (κ1) is 8.88. The molecule has 0 aromatic carbocycles. The predicted octanol–water partition coefficient (Wildman–Crippen LogP) is 2.82. The van der Waals surface area contributed by atoms with Gasteiger partial charge in [0.1, 0.15) is 0 Å². The molecule has 0 spiro atoms. The minimum Gasteiger partial charge on any atom is -0.206 e. The van der Waals surface area contributed by atoms with Gasteiger partial charge in [-0.15, -0.1) is 0 Å². The summed E-state index contributed by atoms with van der Waals surface area (Å²) in [5.74, 6) is -0.882. The van der Waals surface area contributed by atoms with E-state index in [2.05, 4.69) is 0 Å². The van der Waals surface area contributed by atoms with Crippen molar-refractivity contribution in [3.63, 3.8) is 0 Å². The van der Waals surface area contributed by atoms with Crippen LogP contribution in [-0.4, -0.2) is 12.0 Å². The summed E-state index contributed by atoms with van der Waals surface area (Å²) in [4.78, 5) is 0. The van der Waals surface area contributed by atoms with Crippen LogP contribution in [-0.2, 0) is 0 Å². The highest BCUT2D eigenvalue weighted by atomic mass is 32.2. The summed E-state index contributed by atoms with van der Waals surface area (Å²) in [7, 11) is 0. The van der Waals surface area contributed by atoms with Gasteiger partial charge in [0, 0.05) is 6.42 Å². The van der Waals surface area contributed by atoms with E-state index in [1.807, 2.05) is 0 Å². The van der Waals surface area contributed by atoms with Crippen LogP contribution in [0.15, 0.2) is 11.9 Å². The molecular formula is C5H7F3S. The number of thioether (sulfide) groups is 1. The lowest BCUT2D eigenvalue weighted by molar-refractivity contribution is 0.373. The lowest BCUT2D eigenvalue weighted by Crippen LogP contribution is -1.79. The van der Waals surface area contributed by atoms with Crippen molar-refractivity contribution in [1.82, 2.24) is 0 Å². The maximum Gasteiger partial charge on any atom is 0.301 e. The van der Waals surface area contributed by atoms with Crippen LogP contribution in [0.25, 0.3) is 0 Å². The van der Waals surface area contributed by atoms with Gasteiger partial charge in [0.2, 0.25) is 0 Å². The maximum atomic E-state index is 11.8. The molecule has 0 unspecified atom stereocenters. The highest BCUT2D eigenvalue weighted by Crippen LogP contribution is 2.14. The summed E-state index contributed by atoms with van der Waals surface area (Å²) in [6, 6.07) is 0. The zero-order valence-corrected chi connectivity index (χ0v) is 5.77. The summed E-state index contributed by atoms with van der Waals surface area (Å²) < 4.78 is 34.3. The van der Waals surface area contributed by atoms with Crippen molar-refractivity contribution in [2.45, 2.75) is 6.42 Å². The van der Waals surface area contributed by atoms with Crippen molar-refractivity contribution in [3.05, 3.63) is 11.9 Å². The van der Waals surface area contributed by atoms with Gasteiger partial charge in [-0.05, 0) is 12.0 Å². The number of rotatable bonds is 3. The highest BCUT2D eigenvalue weighted by Gasteiger charge is 2.02. The average molecular weight is 156 g/mol. The summed E-state index contributed by atoms with van der Waals surface area (Å²) in [5.41, 5.74) is 0. The van der Waals surface area contributed by atoms with Gasteiger partial charge in [-0.1, -0.05) is 0 Å². The molecule has 0 atom stereocenters. The Morgan fingerprint density at radius 1 is 1.33 bits per heavy atom. The van der Waals surface area contributed by atoms with E-state index in [4.69, 9.17) is 0 Å². The average Bonchev–Trinajstić information content (AvgIpc) is 1.82. The summed E-state index contributed by atoms with van der Waals surface area (Å²) in [5, 5.41) is 0. The Bertz CT molecular complexity index is 107. The molecular weight excluding hydrogens is 149 g/mol. The monoisotopic (exact) mass is 156 g/mol. The summed E-state index contributed by atoms with van der Waals surface area (Å²) in [6.45, 7) is 0. The molecule has 0 rings (SSSR count). The molecule has 9 heavy (non-hydrogen) atoms. The van der Waals surface area contributed by atoms with E-state index in [1.54, 1.807) is 6.26 Å². The lowest BCUT2D eigenvalue weighted by atomic mass is 10.4. The smallest absolute Gasteiger partial charge is 0.206 e. The predicted molar refractivity (Wildman–Crippen MR) is 33.3 cm³/mol. The van der Waals surface area contributed by atoms with E-state index >= 15 is 0 Å². The van der Waals surface area contributed by atoms with Crippen LogP contribution in [0.4, 0.5) is 13.2 Å². The third kappa shape index (κ3) is 4.39. The number of allylic oxidation sites excluding steroid dienone is 1. The molecule has 0 heterocycles. The fraction of sp³-hybridized carbons (Fsp3) is 0.600. The minimum atomic E-state index is -2.19. The lowest BCUT2D eigenvalue weighted by Gasteiger charge is -1.90. The number of hydrogen-bond acceptors (Lipinski definition) is 1. The first-order valence-corrected chi connectivity index (χ1v) is 3.76. The van der Waals surface area contributed by atoms with E-state index in [0.717, 1.165) is 0 Å². The highest BCUT2D eigenvalue weighted by molar-refractivity contribution is 7.98. The van der Waals surface area contributed by atoms with Crippen molar-refractivity contribution in [2.75, 3.05) is 12.0 Å². The van der Waals surface area contributed by atoms with Gasteiger partial charge in [-0.2, -0.15) is 20.5 Å². The SMILES string of the molecule is CSCCC(F)=C(F)F. The largest absolute Gasteiger partial charge is 0.301 e. The van der Waals surface area contributed by atoms with E-state index in [1.165, 1.54) is 11.8 Å². The molecule has 0 N–H and O–H groups in total. The molecule has 0 fully saturated rings. The van der Waals surface area contributed by atoms with Crippen LogP contribution >= 0.6 is 11.8 Å². The molecule has 0 bridgehead atoms. The molecule has 0 aliphatic carbocycles. The Labute approximate surface area is 56.1 Å². The molecule has 0 radical (unpaired) electrons. The van der Waals surface area contributed by atoms with Crippen LogP contribution in [0.2, 0.25) is 0 Å². The zero-order chi connectivity index (χ0) is 7.28. The second-order valence-electron chi connectivity index (χ2n) is 1.41. The van der Waals surface area contributed by atoms with Crippen molar-refractivity contribution < 1.29 is 13.2 Å². The third-order valence-electron chi connectivity index (χ3n) is 0.731. The van der Waals surface area contributed by atoms with Gasteiger partial charge in [-0.3, -0.25) is 0 Å². The maximum absolute atomic E-state index is 11.8. The molecule has 0 aromatic rings. The molecule has 0 amide bonds. The van der Waals surface area contributed by atoms with E-state index < -0.39 is 11.9 Å². The zero-order valence-electron chi connectivity index (χ0n) is 4.96. The van der Waals surface area contributed by atoms with E-state index in [-0.39, 0.29) is 6.42 Å². The summed E-state index contributed by atoms with van der Waals surface area (Å²) >= 11 is 1.34. The Morgan fingerprint density at radius 3 is 2.22 bits per heavy atom. The van der Waals surface area contributed by atoms with Crippen LogP contribution in [0, 0.1) is 0 Å². The summed E-state index contributed by atoms with van der Waals surface area (Å²) in [6.07, 6.45) is -0.614. The van der Waals surface area contributed by atoms with Crippen LogP contribution in [0.3, 0.4) is 0 Å². The second kappa shape index (κ2) is 4.73. The molecule has 4 heteroatoms. The quantitative estimate of drug-likeness (QED) is 0.605. The topological polar surface area (TPSA) is 0 Å². The third-order valence-corrected chi connectivity index (χ3v) is 1.34. The van der Waals surface area contributed by atoms with Crippen molar-refractivity contribution >= 4 is 11.8 Å². The Balaban J connectivity index is 3.50. The molecule has 54 valence electrons. The van der Waals surface area contributed by atoms with Gasteiger partial charge >= 0.3 is 6.08 Å². The Kier molecular flexibility index (Phi) is 4.67. The fourth-order valence-corrected chi connectivity index (χ4v) is 0.669. The normalized spacial score (nSPS) is 9.33. The van der Waals surface area contributed by atoms with Gasteiger partial charge in [0.05, 0.1) is 0 Å². The second-order valence-corrected chi connectivity index (χ2v) is 2.39. The molecule has 0 nitrogen and oxygen atoms in total. The molecule has 0 aliphatic rings. The molecule has 0 aromatic heterocycles. The van der Waals surface area contributed by atoms with Gasteiger partial charge in [0.15, 0.2) is 5.83 Å². The van der Waals surface area contributed by atoms with E-state index in [9.17, 15) is 13.2 Å². The molecule has 0 aliphatic heterocycles. The molecule has 0 saturated carbocycles. The van der Waals surface area contributed by atoms with Crippen LogP contribution in [0.5, 0.6) is 0 Å². The van der Waals surface area contributed by atoms with Gasteiger partial charge in [-0.25, -0.2) is 4.39 Å². The number of hydrogen-bond donors (Lipinski definition) is 0. The van der Waals surface area contributed by atoms with E-state index in [0.29, 0.717) is 5.75 Å². The van der Waals surface area contributed by atoms with Crippen molar-refractivity contribution in [2.24, 2.45) is 0 Å². The minimum absolute atomic E-state index is 0.163. The standard InChI is InChI=1S/C5H7F3S/c1-9-3-2-4(6)5(7)8/h2-3H2,1H3. The van der Waals surface area contributed by atoms with Crippen LogP contribution < -0.4 is 0 Å². The Morgan fingerprint density at radius 2 is 1.89 bits per heavy atom.